The Balaban J connectivity index is 1.38. The molecule has 1 saturated carbocycles. The second kappa shape index (κ2) is 8.38. The zero-order chi connectivity index (χ0) is 24.2. The van der Waals surface area contributed by atoms with Crippen molar-refractivity contribution < 1.29 is 13.8 Å². The lowest BCUT2D eigenvalue weighted by molar-refractivity contribution is 0.0732. The molecule has 0 bridgehead atoms. The first kappa shape index (κ1) is 22.6. The van der Waals surface area contributed by atoms with Gasteiger partial charge in [-0.05, 0) is 61.9 Å². The van der Waals surface area contributed by atoms with Gasteiger partial charge in [-0.15, -0.1) is 0 Å². The van der Waals surface area contributed by atoms with E-state index in [0.717, 1.165) is 36.9 Å². The van der Waals surface area contributed by atoms with Gasteiger partial charge in [-0.25, -0.2) is 0 Å². The highest BCUT2D eigenvalue weighted by Gasteiger charge is 2.51. The van der Waals surface area contributed by atoms with Crippen molar-refractivity contribution in [2.45, 2.75) is 60.6 Å². The lowest BCUT2D eigenvalue weighted by Crippen LogP contribution is -2.39. The van der Waals surface area contributed by atoms with E-state index in [9.17, 15) is 19.2 Å². The number of benzene rings is 1. The van der Waals surface area contributed by atoms with Crippen LogP contribution in [0.4, 0.5) is 11.5 Å². The first-order valence-electron chi connectivity index (χ1n) is 12.2. The molecule has 35 heavy (non-hydrogen) atoms. The number of aromatic nitrogens is 3. The minimum Gasteiger partial charge on any atom is -0.381 e. The van der Waals surface area contributed by atoms with E-state index in [0.29, 0.717) is 54.1 Å². The molecule has 0 unspecified atom stereocenters. The number of aromatic amines is 1. The average molecular weight is 496 g/mol. The second-order valence-electron chi connectivity index (χ2n) is 9.92. The topological polar surface area (TPSA) is 136 Å². The van der Waals surface area contributed by atoms with Crippen LogP contribution in [-0.4, -0.2) is 41.8 Å². The maximum atomic E-state index is 12.8. The third-order valence-corrected chi connectivity index (χ3v) is 10.8. The number of ether oxygens (including phenoxy) is 1. The number of nitrogens with one attached hydrogen (secondary N) is 2. The zero-order valence-electron chi connectivity index (χ0n) is 19.4. The molecule has 2 fully saturated rings. The Bertz CT molecular complexity index is 1380. The molecule has 6 rings (SSSR count). The van der Waals surface area contributed by atoms with Gasteiger partial charge in [0.25, 0.3) is 5.56 Å². The van der Waals surface area contributed by atoms with E-state index >= 15 is 0 Å². The van der Waals surface area contributed by atoms with Crippen LogP contribution in [0.25, 0.3) is 10.9 Å². The smallest absolute Gasteiger partial charge is 0.261 e. The fourth-order valence-electron chi connectivity index (χ4n) is 6.09. The SMILES string of the molecule is N#C[C@H]1CCCC[C@@H]1n1nc(Nc2ccc3c(c2)CC2(CCOCC2)S3(O)O)c2c(=O)[nH]ccc21. The molecular formula is C25H29N5O4S. The first-order valence-corrected chi connectivity index (χ1v) is 13.7. The summed E-state index contributed by atoms with van der Waals surface area (Å²) in [7, 11) is -2.93. The summed E-state index contributed by atoms with van der Waals surface area (Å²) in [5.74, 6) is 0.300. The van der Waals surface area contributed by atoms with E-state index in [1.165, 1.54) is 0 Å². The molecule has 1 aliphatic carbocycles. The Labute approximate surface area is 204 Å². The molecular weight excluding hydrogens is 466 g/mol. The Hall–Kier alpha value is -2.84. The molecule has 1 aromatic carbocycles. The highest BCUT2D eigenvalue weighted by molar-refractivity contribution is 8.25. The Morgan fingerprint density at radius 3 is 2.83 bits per heavy atom. The van der Waals surface area contributed by atoms with Gasteiger partial charge in [-0.2, -0.15) is 21.0 Å². The van der Waals surface area contributed by atoms with Crippen LogP contribution in [0.15, 0.2) is 40.2 Å². The van der Waals surface area contributed by atoms with Crippen LogP contribution in [0, 0.1) is 17.2 Å². The van der Waals surface area contributed by atoms with Crippen LogP contribution >= 0.6 is 10.6 Å². The molecule has 4 N–H and O–H groups in total. The van der Waals surface area contributed by atoms with Crippen molar-refractivity contribution in [3.63, 3.8) is 0 Å². The molecule has 2 atom stereocenters. The molecule has 0 amide bonds. The number of nitriles is 1. The highest BCUT2D eigenvalue weighted by atomic mass is 32.3. The van der Waals surface area contributed by atoms with Crippen LogP contribution in [0.5, 0.6) is 0 Å². The van der Waals surface area contributed by atoms with E-state index in [1.54, 1.807) is 12.3 Å². The summed E-state index contributed by atoms with van der Waals surface area (Å²) in [5, 5.41) is 18.3. The third-order valence-electron chi connectivity index (χ3n) is 7.99. The predicted octanol–water partition coefficient (Wildman–Crippen LogP) is 4.94. The van der Waals surface area contributed by atoms with Gasteiger partial charge in [0.05, 0.1) is 33.2 Å². The van der Waals surface area contributed by atoms with Crippen LogP contribution in [0.1, 0.15) is 50.1 Å². The molecule has 1 saturated heterocycles. The van der Waals surface area contributed by atoms with Gasteiger partial charge in [-0.3, -0.25) is 18.6 Å². The number of H-pyrrole nitrogens is 1. The Morgan fingerprint density at radius 1 is 1.23 bits per heavy atom. The molecule has 3 aliphatic rings. The standard InChI is InChI=1S/C25H29N5O4S/c26-15-16-3-1-2-4-19(16)30-20-7-10-27-24(31)22(20)23(29-30)28-18-5-6-21-17(13-18)14-25(35(21,32)33)8-11-34-12-9-25/h5-7,10,13,16,19,32-33H,1-4,8-9,11-12,14H2,(H,27,31)(H,28,29)/t16-,19+/m1/s1. The van der Waals surface area contributed by atoms with Gasteiger partial charge in [0.1, 0.15) is 5.39 Å². The largest absolute Gasteiger partial charge is 0.381 e. The first-order chi connectivity index (χ1) is 16.9. The van der Waals surface area contributed by atoms with Crippen molar-refractivity contribution in [1.82, 2.24) is 14.8 Å². The van der Waals surface area contributed by atoms with Crippen molar-refractivity contribution in [3.8, 4) is 6.07 Å². The van der Waals surface area contributed by atoms with Crippen LogP contribution in [0.2, 0.25) is 0 Å². The van der Waals surface area contributed by atoms with E-state index in [2.05, 4.69) is 16.4 Å². The normalized spacial score (nSPS) is 25.7. The maximum absolute atomic E-state index is 12.8. The summed E-state index contributed by atoms with van der Waals surface area (Å²) in [4.78, 5) is 16.2. The van der Waals surface area contributed by atoms with Gasteiger partial charge < -0.3 is 15.0 Å². The Morgan fingerprint density at radius 2 is 2.03 bits per heavy atom. The van der Waals surface area contributed by atoms with Crippen molar-refractivity contribution in [3.05, 3.63) is 46.4 Å². The lowest BCUT2D eigenvalue weighted by Gasteiger charge is -2.48. The fourth-order valence-corrected chi connectivity index (χ4v) is 8.40. The summed E-state index contributed by atoms with van der Waals surface area (Å²) in [5.41, 5.74) is 2.11. The van der Waals surface area contributed by atoms with Crippen molar-refractivity contribution in [1.29, 1.82) is 5.26 Å². The average Bonchev–Trinajstić information content (AvgIpc) is 3.32. The molecule has 2 aliphatic heterocycles. The van der Waals surface area contributed by atoms with Crippen molar-refractivity contribution in [2.24, 2.45) is 5.92 Å². The van der Waals surface area contributed by atoms with Crippen molar-refractivity contribution >= 4 is 33.0 Å². The van der Waals surface area contributed by atoms with Crippen LogP contribution in [0.3, 0.4) is 0 Å². The molecule has 9 nitrogen and oxygen atoms in total. The molecule has 2 aromatic heterocycles. The van der Waals surface area contributed by atoms with Gasteiger partial charge in [0.15, 0.2) is 5.82 Å². The summed E-state index contributed by atoms with van der Waals surface area (Å²) in [6, 6.07) is 9.73. The second-order valence-corrected chi connectivity index (χ2v) is 12.3. The van der Waals surface area contributed by atoms with Gasteiger partial charge in [-0.1, -0.05) is 12.8 Å². The molecule has 1 spiro atoms. The number of hydrogen-bond acceptors (Lipinski definition) is 7. The van der Waals surface area contributed by atoms with E-state index in [1.807, 2.05) is 22.9 Å². The monoisotopic (exact) mass is 495 g/mol. The highest BCUT2D eigenvalue weighted by Crippen LogP contribution is 2.69. The summed E-state index contributed by atoms with van der Waals surface area (Å²) < 4.78 is 29.1. The molecule has 3 aromatic rings. The minimum absolute atomic E-state index is 0.0741. The van der Waals surface area contributed by atoms with E-state index in [4.69, 9.17) is 9.84 Å². The van der Waals surface area contributed by atoms with Crippen LogP contribution < -0.4 is 10.9 Å². The number of nitrogens with zero attached hydrogens (tertiary/aromatic N) is 3. The Kier molecular flexibility index (Phi) is 5.41. The number of rotatable bonds is 3. The molecule has 4 heterocycles. The zero-order valence-corrected chi connectivity index (χ0v) is 20.2. The summed E-state index contributed by atoms with van der Waals surface area (Å²) in [6.07, 6.45) is 7.19. The van der Waals surface area contributed by atoms with Gasteiger partial charge in [0, 0.05) is 25.1 Å². The van der Waals surface area contributed by atoms with E-state index < -0.39 is 15.3 Å². The maximum Gasteiger partial charge on any atom is 0.261 e. The van der Waals surface area contributed by atoms with Crippen molar-refractivity contribution in [2.75, 3.05) is 18.5 Å². The number of pyridine rings is 1. The fraction of sp³-hybridized carbons (Fsp3) is 0.480. The molecule has 10 heteroatoms. The number of hydrogen-bond donors (Lipinski definition) is 4. The number of fused-ring (bicyclic) bond motifs is 2. The summed E-state index contributed by atoms with van der Waals surface area (Å²) in [6.45, 7) is 1.07. The van der Waals surface area contributed by atoms with E-state index in [-0.39, 0.29) is 17.5 Å². The van der Waals surface area contributed by atoms with Gasteiger partial charge in [0.2, 0.25) is 0 Å². The molecule has 0 radical (unpaired) electrons. The van der Waals surface area contributed by atoms with Gasteiger partial charge >= 0.3 is 0 Å². The number of anilines is 2. The quantitative estimate of drug-likeness (QED) is 0.404. The minimum atomic E-state index is -2.93. The summed E-state index contributed by atoms with van der Waals surface area (Å²) >= 11 is 0. The van der Waals surface area contributed by atoms with Crippen LogP contribution in [-0.2, 0) is 11.2 Å². The lowest BCUT2D eigenvalue weighted by atomic mass is 9.85. The molecule has 184 valence electrons. The predicted molar refractivity (Wildman–Crippen MR) is 134 cm³/mol. The third kappa shape index (κ3) is 3.49.